The van der Waals surface area contributed by atoms with Gasteiger partial charge in [0.25, 0.3) is 5.91 Å². The molecule has 2 atom stereocenters. The van der Waals surface area contributed by atoms with Gasteiger partial charge < -0.3 is 9.64 Å². The number of rotatable bonds is 3. The van der Waals surface area contributed by atoms with Crippen molar-refractivity contribution in [2.75, 3.05) is 13.2 Å². The molecule has 0 N–H and O–H groups in total. The molecule has 0 saturated carbocycles. The van der Waals surface area contributed by atoms with Gasteiger partial charge in [-0.25, -0.2) is 9.67 Å². The van der Waals surface area contributed by atoms with Crippen LogP contribution >= 0.6 is 0 Å². The van der Waals surface area contributed by atoms with Crippen LogP contribution < -0.4 is 0 Å². The summed E-state index contributed by atoms with van der Waals surface area (Å²) in [6.07, 6.45) is 2.99. The van der Waals surface area contributed by atoms with Crippen LogP contribution in [0.1, 0.15) is 28.9 Å². The van der Waals surface area contributed by atoms with Crippen molar-refractivity contribution >= 4 is 5.91 Å². The van der Waals surface area contributed by atoms with Gasteiger partial charge >= 0.3 is 0 Å². The number of hydrogen-bond acceptors (Lipinski definition) is 4. The van der Waals surface area contributed by atoms with E-state index in [-0.39, 0.29) is 18.1 Å². The van der Waals surface area contributed by atoms with E-state index < -0.39 is 0 Å². The van der Waals surface area contributed by atoms with E-state index in [4.69, 9.17) is 4.74 Å². The highest BCUT2D eigenvalue weighted by Crippen LogP contribution is 2.26. The van der Waals surface area contributed by atoms with Crippen molar-refractivity contribution in [1.29, 1.82) is 0 Å². The average Bonchev–Trinajstić information content (AvgIpc) is 3.23. The molecule has 0 unspecified atom stereocenters. The molecule has 1 aliphatic rings. The lowest BCUT2D eigenvalue weighted by Gasteiger charge is -2.38. The Hall–Kier alpha value is -2.99. The quantitative estimate of drug-likeness (QED) is 0.730. The predicted octanol–water partition coefficient (Wildman–Crippen LogP) is 2.87. The molecule has 6 nitrogen and oxygen atoms in total. The highest BCUT2D eigenvalue weighted by molar-refractivity contribution is 5.95. The summed E-state index contributed by atoms with van der Waals surface area (Å²) in [5.41, 5.74) is 2.54. The third-order valence-corrected chi connectivity index (χ3v) is 4.64. The van der Waals surface area contributed by atoms with Crippen molar-refractivity contribution in [3.8, 4) is 5.69 Å². The van der Waals surface area contributed by atoms with Gasteiger partial charge in [-0.1, -0.05) is 36.4 Å². The second-order valence-electron chi connectivity index (χ2n) is 6.43. The second kappa shape index (κ2) is 7.09. The lowest BCUT2D eigenvalue weighted by Crippen LogP contribution is -2.48. The first-order valence-corrected chi connectivity index (χ1v) is 8.65. The Morgan fingerprint density at radius 2 is 2.00 bits per heavy atom. The Morgan fingerprint density at radius 3 is 2.77 bits per heavy atom. The molecular formula is C20H20N4O2. The maximum atomic E-state index is 13.1. The van der Waals surface area contributed by atoms with E-state index in [1.54, 1.807) is 11.0 Å². The smallest absolute Gasteiger partial charge is 0.254 e. The molecule has 0 aliphatic carbocycles. The van der Waals surface area contributed by atoms with Crippen LogP contribution in [0.2, 0.25) is 0 Å². The van der Waals surface area contributed by atoms with Crippen molar-refractivity contribution in [2.24, 2.45) is 0 Å². The lowest BCUT2D eigenvalue weighted by molar-refractivity contribution is -0.0486. The van der Waals surface area contributed by atoms with E-state index in [1.807, 2.05) is 66.4 Å². The van der Waals surface area contributed by atoms with Crippen molar-refractivity contribution in [3.05, 3.63) is 78.4 Å². The Balaban J connectivity index is 1.57. The van der Waals surface area contributed by atoms with Crippen LogP contribution in [-0.4, -0.2) is 44.8 Å². The highest BCUT2D eigenvalue weighted by atomic mass is 16.5. The third kappa shape index (κ3) is 3.23. The molecule has 1 saturated heterocycles. The average molecular weight is 348 g/mol. The summed E-state index contributed by atoms with van der Waals surface area (Å²) in [5, 5.41) is 4.13. The number of amides is 1. The number of hydrogen-bond donors (Lipinski definition) is 0. The Morgan fingerprint density at radius 1 is 1.15 bits per heavy atom. The predicted molar refractivity (Wildman–Crippen MR) is 97.0 cm³/mol. The molecule has 1 aliphatic heterocycles. The molecule has 0 radical (unpaired) electrons. The fraction of sp³-hybridized carbons (Fsp3) is 0.250. The first kappa shape index (κ1) is 16.5. The van der Waals surface area contributed by atoms with Crippen LogP contribution in [0.5, 0.6) is 0 Å². The molecule has 4 rings (SSSR count). The van der Waals surface area contributed by atoms with Gasteiger partial charge in [0, 0.05) is 5.56 Å². The number of ether oxygens (including phenoxy) is 1. The maximum Gasteiger partial charge on any atom is 0.254 e. The van der Waals surface area contributed by atoms with Crippen LogP contribution in [0.25, 0.3) is 5.69 Å². The van der Waals surface area contributed by atoms with Crippen LogP contribution in [-0.2, 0) is 4.74 Å². The number of carbonyl (C=O) groups excluding carboxylic acids is 1. The second-order valence-corrected chi connectivity index (χ2v) is 6.43. The third-order valence-electron chi connectivity index (χ3n) is 4.64. The van der Waals surface area contributed by atoms with E-state index in [9.17, 15) is 4.79 Å². The molecule has 1 fully saturated rings. The normalized spacial score (nSPS) is 20.1. The fourth-order valence-electron chi connectivity index (χ4n) is 3.20. The van der Waals surface area contributed by atoms with E-state index >= 15 is 0 Å². The Labute approximate surface area is 152 Å². The van der Waals surface area contributed by atoms with Gasteiger partial charge in [-0.2, -0.15) is 5.10 Å². The summed E-state index contributed by atoms with van der Waals surface area (Å²) < 4.78 is 7.60. The van der Waals surface area contributed by atoms with Crippen LogP contribution in [0.15, 0.2) is 67.3 Å². The number of aromatic nitrogens is 3. The molecule has 26 heavy (non-hydrogen) atoms. The lowest BCUT2D eigenvalue weighted by atomic mass is 10.0. The van der Waals surface area contributed by atoms with E-state index in [1.165, 1.54) is 6.33 Å². The molecule has 2 aromatic carbocycles. The fourth-order valence-corrected chi connectivity index (χ4v) is 3.20. The minimum Gasteiger partial charge on any atom is -0.370 e. The maximum absolute atomic E-state index is 13.1. The first-order chi connectivity index (χ1) is 12.7. The number of benzene rings is 2. The minimum atomic E-state index is -0.102. The van der Waals surface area contributed by atoms with Crippen LogP contribution in [0.3, 0.4) is 0 Å². The van der Waals surface area contributed by atoms with Gasteiger partial charge in [-0.15, -0.1) is 0 Å². The van der Waals surface area contributed by atoms with Gasteiger partial charge in [-0.3, -0.25) is 4.79 Å². The van der Waals surface area contributed by atoms with Crippen molar-refractivity contribution < 1.29 is 9.53 Å². The van der Waals surface area contributed by atoms with Gasteiger partial charge in [0.2, 0.25) is 0 Å². The van der Waals surface area contributed by atoms with E-state index in [0.29, 0.717) is 18.7 Å². The summed E-state index contributed by atoms with van der Waals surface area (Å²) in [7, 11) is 0. The van der Waals surface area contributed by atoms with Crippen LogP contribution in [0.4, 0.5) is 0 Å². The zero-order valence-electron chi connectivity index (χ0n) is 14.5. The standard InChI is InChI=1S/C20H20N4O2/c1-15-12-26-19(16-6-3-2-4-7-16)11-23(15)20(25)17-8-5-9-18(10-17)24-14-21-13-22-24/h2-10,13-15,19H,11-12H2,1H3/t15-,19+/m1/s1. The molecule has 6 heteroatoms. The van der Waals surface area contributed by atoms with Gasteiger partial charge in [-0.05, 0) is 30.7 Å². The number of nitrogens with zero attached hydrogens (tertiary/aromatic N) is 4. The van der Waals surface area contributed by atoms with Crippen molar-refractivity contribution in [1.82, 2.24) is 19.7 Å². The summed E-state index contributed by atoms with van der Waals surface area (Å²) in [6, 6.07) is 17.5. The first-order valence-electron chi connectivity index (χ1n) is 8.65. The monoisotopic (exact) mass is 348 g/mol. The topological polar surface area (TPSA) is 60.2 Å². The Bertz CT molecular complexity index is 880. The summed E-state index contributed by atoms with van der Waals surface area (Å²) in [6.45, 7) is 3.08. The highest BCUT2D eigenvalue weighted by Gasteiger charge is 2.31. The van der Waals surface area contributed by atoms with Crippen LogP contribution in [0, 0.1) is 0 Å². The summed E-state index contributed by atoms with van der Waals surface area (Å²) in [4.78, 5) is 19.0. The zero-order chi connectivity index (χ0) is 17.9. The SMILES string of the molecule is C[C@@H]1CO[C@H](c2ccccc2)CN1C(=O)c1cccc(-n2cncn2)c1. The minimum absolute atomic E-state index is 0.00342. The number of carbonyl (C=O) groups is 1. The molecule has 0 spiro atoms. The van der Waals surface area contributed by atoms with E-state index in [2.05, 4.69) is 10.1 Å². The summed E-state index contributed by atoms with van der Waals surface area (Å²) in [5.74, 6) is 0.00342. The van der Waals surface area contributed by atoms with Gasteiger partial charge in [0.05, 0.1) is 24.9 Å². The van der Waals surface area contributed by atoms with E-state index in [0.717, 1.165) is 11.3 Å². The van der Waals surface area contributed by atoms with Gasteiger partial charge in [0.1, 0.15) is 18.8 Å². The molecule has 3 aromatic rings. The molecule has 1 amide bonds. The largest absolute Gasteiger partial charge is 0.370 e. The molecule has 132 valence electrons. The molecule has 1 aromatic heterocycles. The molecule has 0 bridgehead atoms. The Kier molecular flexibility index (Phi) is 4.50. The van der Waals surface area contributed by atoms with Gasteiger partial charge in [0.15, 0.2) is 0 Å². The van der Waals surface area contributed by atoms with Crippen molar-refractivity contribution in [2.45, 2.75) is 19.1 Å². The zero-order valence-corrected chi connectivity index (χ0v) is 14.5. The molecule has 2 heterocycles. The number of morpholine rings is 1. The summed E-state index contributed by atoms with van der Waals surface area (Å²) >= 11 is 0. The van der Waals surface area contributed by atoms with Crippen molar-refractivity contribution in [3.63, 3.8) is 0 Å². The molecular weight excluding hydrogens is 328 g/mol.